The number of hydrogen-bond donors (Lipinski definition) is 0. The van der Waals surface area contributed by atoms with Crippen LogP contribution in [0.4, 0.5) is 0 Å². The molecule has 0 spiro atoms. The lowest BCUT2D eigenvalue weighted by molar-refractivity contribution is 0.0786. The van der Waals surface area contributed by atoms with Crippen LogP contribution in [0.5, 0.6) is 0 Å². The second-order valence-corrected chi connectivity index (χ2v) is 5.87. The Morgan fingerprint density at radius 3 is 2.77 bits per heavy atom. The second kappa shape index (κ2) is 5.21. The molecular formula is C16H18N4O2. The number of hydrogen-bond acceptors (Lipinski definition) is 4. The normalized spacial score (nSPS) is 18.8. The maximum atomic E-state index is 12.5. The Balaban J connectivity index is 1.89. The van der Waals surface area contributed by atoms with Gasteiger partial charge in [-0.1, -0.05) is 12.1 Å². The summed E-state index contributed by atoms with van der Waals surface area (Å²) >= 11 is 0. The maximum Gasteiger partial charge on any atom is 0.256 e. The van der Waals surface area contributed by atoms with Gasteiger partial charge < -0.3 is 9.64 Å². The zero-order valence-electron chi connectivity index (χ0n) is 12.5. The van der Waals surface area contributed by atoms with Gasteiger partial charge in [-0.2, -0.15) is 0 Å². The quantitative estimate of drug-likeness (QED) is 0.804. The van der Waals surface area contributed by atoms with E-state index in [1.54, 1.807) is 11.9 Å². The van der Waals surface area contributed by atoms with Crippen molar-refractivity contribution in [1.82, 2.24) is 19.7 Å². The topological polar surface area (TPSA) is 60.2 Å². The summed E-state index contributed by atoms with van der Waals surface area (Å²) in [6.07, 6.45) is 1.90. The highest BCUT2D eigenvalue weighted by molar-refractivity contribution is 5.98. The first-order valence-corrected chi connectivity index (χ1v) is 7.62. The molecule has 0 radical (unpaired) electrons. The van der Waals surface area contributed by atoms with E-state index in [1.165, 1.54) is 0 Å². The van der Waals surface area contributed by atoms with E-state index in [2.05, 4.69) is 14.8 Å². The van der Waals surface area contributed by atoms with E-state index in [4.69, 9.17) is 4.74 Å². The molecule has 0 bridgehead atoms. The van der Waals surface area contributed by atoms with Crippen molar-refractivity contribution in [2.24, 2.45) is 0 Å². The molecule has 2 aromatic rings. The van der Waals surface area contributed by atoms with E-state index in [0.29, 0.717) is 18.0 Å². The number of benzene rings is 1. The lowest BCUT2D eigenvalue weighted by Gasteiger charge is -2.22. The third kappa shape index (κ3) is 2.02. The molecule has 1 amide bonds. The molecule has 1 aromatic heterocycles. The molecule has 3 heterocycles. The zero-order chi connectivity index (χ0) is 15.1. The Hall–Kier alpha value is -2.21. The standard InChI is InChI=1S/C16H18N4O2/c1-19-10-14-17-18-15(11-6-8-22-9-7-11)20(14)13-5-3-2-4-12(13)16(19)21/h2-5,11H,6-10H2,1H3. The van der Waals surface area contributed by atoms with Gasteiger partial charge in [-0.3, -0.25) is 9.36 Å². The van der Waals surface area contributed by atoms with Gasteiger partial charge in [-0.05, 0) is 25.0 Å². The van der Waals surface area contributed by atoms with E-state index in [1.807, 2.05) is 24.3 Å². The van der Waals surface area contributed by atoms with Crippen LogP contribution >= 0.6 is 0 Å². The fourth-order valence-corrected chi connectivity index (χ4v) is 3.25. The molecule has 0 atom stereocenters. The molecule has 0 saturated carbocycles. The number of aromatic nitrogens is 3. The molecule has 114 valence electrons. The van der Waals surface area contributed by atoms with Crippen LogP contribution < -0.4 is 0 Å². The largest absolute Gasteiger partial charge is 0.381 e. The van der Waals surface area contributed by atoms with Gasteiger partial charge in [0.15, 0.2) is 5.82 Å². The number of rotatable bonds is 1. The van der Waals surface area contributed by atoms with Crippen molar-refractivity contribution in [2.75, 3.05) is 20.3 Å². The summed E-state index contributed by atoms with van der Waals surface area (Å²) in [5.41, 5.74) is 1.59. The first-order valence-electron chi connectivity index (χ1n) is 7.62. The Kier molecular flexibility index (Phi) is 3.18. The number of carbonyl (C=O) groups is 1. The third-order valence-corrected chi connectivity index (χ3v) is 4.44. The summed E-state index contributed by atoms with van der Waals surface area (Å²) in [5, 5.41) is 8.79. The van der Waals surface area contributed by atoms with Gasteiger partial charge in [0.05, 0.1) is 17.8 Å². The second-order valence-electron chi connectivity index (χ2n) is 5.87. The van der Waals surface area contributed by atoms with Crippen LogP contribution in [0.15, 0.2) is 24.3 Å². The monoisotopic (exact) mass is 298 g/mol. The molecule has 0 aliphatic carbocycles. The molecular weight excluding hydrogens is 280 g/mol. The van der Waals surface area contributed by atoms with Crippen LogP contribution in [0.3, 0.4) is 0 Å². The van der Waals surface area contributed by atoms with E-state index in [-0.39, 0.29) is 5.91 Å². The summed E-state index contributed by atoms with van der Waals surface area (Å²) in [5.74, 6) is 2.14. The van der Waals surface area contributed by atoms with E-state index in [0.717, 1.165) is 43.4 Å². The van der Waals surface area contributed by atoms with Gasteiger partial charge in [-0.25, -0.2) is 0 Å². The van der Waals surface area contributed by atoms with Crippen LogP contribution in [0, 0.1) is 0 Å². The van der Waals surface area contributed by atoms with Crippen LogP contribution in [0.2, 0.25) is 0 Å². The molecule has 2 aliphatic heterocycles. The average molecular weight is 298 g/mol. The van der Waals surface area contributed by atoms with Crippen LogP contribution in [0.25, 0.3) is 5.69 Å². The van der Waals surface area contributed by atoms with Gasteiger partial charge >= 0.3 is 0 Å². The molecule has 6 nitrogen and oxygen atoms in total. The molecule has 1 fully saturated rings. The third-order valence-electron chi connectivity index (χ3n) is 4.44. The molecule has 0 unspecified atom stereocenters. The fourth-order valence-electron chi connectivity index (χ4n) is 3.25. The highest BCUT2D eigenvalue weighted by atomic mass is 16.5. The first kappa shape index (κ1) is 13.5. The number of para-hydroxylation sites is 1. The molecule has 2 aliphatic rings. The van der Waals surface area contributed by atoms with Crippen molar-refractivity contribution in [3.05, 3.63) is 41.5 Å². The van der Waals surface area contributed by atoms with E-state index < -0.39 is 0 Å². The fraction of sp³-hybridized carbons (Fsp3) is 0.438. The van der Waals surface area contributed by atoms with Crippen molar-refractivity contribution in [3.63, 3.8) is 0 Å². The van der Waals surface area contributed by atoms with Gasteiger partial charge in [0, 0.05) is 26.2 Å². The van der Waals surface area contributed by atoms with E-state index in [9.17, 15) is 4.79 Å². The first-order chi connectivity index (χ1) is 10.8. The van der Waals surface area contributed by atoms with Gasteiger partial charge in [0.2, 0.25) is 0 Å². The van der Waals surface area contributed by atoms with E-state index >= 15 is 0 Å². The lowest BCUT2D eigenvalue weighted by Crippen LogP contribution is -2.25. The minimum absolute atomic E-state index is 0.0269. The molecule has 22 heavy (non-hydrogen) atoms. The summed E-state index contributed by atoms with van der Waals surface area (Å²) < 4.78 is 7.53. The van der Waals surface area contributed by atoms with Crippen LogP contribution in [0.1, 0.15) is 40.8 Å². The molecule has 6 heteroatoms. The summed E-state index contributed by atoms with van der Waals surface area (Å²) in [6.45, 7) is 1.99. The minimum Gasteiger partial charge on any atom is -0.381 e. The number of carbonyl (C=O) groups excluding carboxylic acids is 1. The molecule has 1 saturated heterocycles. The minimum atomic E-state index is 0.0269. The number of fused-ring (bicyclic) bond motifs is 3. The average Bonchev–Trinajstić information content (AvgIpc) is 2.94. The van der Waals surface area contributed by atoms with Crippen molar-refractivity contribution in [2.45, 2.75) is 25.3 Å². The van der Waals surface area contributed by atoms with Crippen molar-refractivity contribution in [1.29, 1.82) is 0 Å². The SMILES string of the molecule is CN1Cc2nnc(C3CCOCC3)n2-c2ccccc2C1=O. The Bertz CT molecular complexity index is 719. The zero-order valence-corrected chi connectivity index (χ0v) is 12.5. The number of ether oxygens (including phenoxy) is 1. The Labute approximate surface area is 128 Å². The Morgan fingerprint density at radius 1 is 1.18 bits per heavy atom. The van der Waals surface area contributed by atoms with Crippen molar-refractivity contribution < 1.29 is 9.53 Å². The predicted octanol–water partition coefficient (Wildman–Crippen LogP) is 1.75. The van der Waals surface area contributed by atoms with Crippen LogP contribution in [-0.2, 0) is 11.3 Å². The Morgan fingerprint density at radius 2 is 1.95 bits per heavy atom. The number of amides is 1. The summed E-state index contributed by atoms with van der Waals surface area (Å²) in [6, 6.07) is 7.70. The summed E-state index contributed by atoms with van der Waals surface area (Å²) in [7, 11) is 1.80. The molecule has 1 aromatic carbocycles. The van der Waals surface area contributed by atoms with Gasteiger partial charge in [0.25, 0.3) is 5.91 Å². The highest BCUT2D eigenvalue weighted by Crippen LogP contribution is 2.31. The molecule has 0 N–H and O–H groups in total. The lowest BCUT2D eigenvalue weighted by atomic mass is 9.99. The van der Waals surface area contributed by atoms with Gasteiger partial charge in [-0.15, -0.1) is 10.2 Å². The summed E-state index contributed by atoms with van der Waals surface area (Å²) in [4.78, 5) is 14.2. The van der Waals surface area contributed by atoms with Gasteiger partial charge in [0.1, 0.15) is 5.82 Å². The predicted molar refractivity (Wildman–Crippen MR) is 80.0 cm³/mol. The van der Waals surface area contributed by atoms with Crippen molar-refractivity contribution in [3.8, 4) is 5.69 Å². The van der Waals surface area contributed by atoms with Crippen molar-refractivity contribution >= 4 is 5.91 Å². The smallest absolute Gasteiger partial charge is 0.256 e. The highest BCUT2D eigenvalue weighted by Gasteiger charge is 2.30. The maximum absolute atomic E-state index is 12.5. The molecule has 4 rings (SSSR count). The number of nitrogens with zero attached hydrogens (tertiary/aromatic N) is 4. The van der Waals surface area contributed by atoms with Crippen LogP contribution in [-0.4, -0.2) is 45.8 Å².